The van der Waals surface area contributed by atoms with Gasteiger partial charge < -0.3 is 10.2 Å². The fraction of sp³-hybridized carbons (Fsp3) is 0.600. The Hall–Kier alpha value is -2.09. The van der Waals surface area contributed by atoms with Crippen LogP contribution in [0.25, 0.3) is 0 Å². The number of aromatic nitrogens is 2. The molecule has 1 saturated heterocycles. The Morgan fingerprint density at radius 3 is 2.46 bits per heavy atom. The summed E-state index contributed by atoms with van der Waals surface area (Å²) in [6.07, 6.45) is 0.661. The van der Waals surface area contributed by atoms with Crippen LogP contribution in [0.4, 0.5) is 4.79 Å². The molecule has 24 heavy (non-hydrogen) atoms. The third kappa shape index (κ3) is 3.53. The summed E-state index contributed by atoms with van der Waals surface area (Å²) in [5, 5.41) is 7.76. The van der Waals surface area contributed by atoms with E-state index < -0.39 is 6.04 Å². The number of likely N-dealkylation sites (N-methyl/N-ethyl adjacent to an activating group) is 2. The number of carbonyl (C=O) groups excluding carboxylic acids is 3. The van der Waals surface area contributed by atoms with Crippen LogP contribution in [0, 0.1) is 13.8 Å². The van der Waals surface area contributed by atoms with E-state index in [0.29, 0.717) is 24.5 Å². The predicted molar refractivity (Wildman–Crippen MR) is 88.7 cm³/mol. The summed E-state index contributed by atoms with van der Waals surface area (Å²) in [5.74, 6) is -0.607. The second kappa shape index (κ2) is 7.21. The van der Waals surface area contributed by atoms with E-state index in [9.17, 15) is 14.4 Å². The molecule has 2 rings (SSSR count). The molecule has 0 spiro atoms. The average Bonchev–Trinajstić information content (AvgIpc) is 2.89. The van der Waals surface area contributed by atoms with Crippen molar-refractivity contribution >= 4 is 29.4 Å². The second-order valence-corrected chi connectivity index (χ2v) is 6.30. The maximum Gasteiger partial charge on any atom is 0.326 e. The third-order valence-corrected chi connectivity index (χ3v) is 4.76. The zero-order valence-electron chi connectivity index (χ0n) is 14.3. The number of aryl methyl sites for hydroxylation is 2. The van der Waals surface area contributed by atoms with Gasteiger partial charge in [-0.1, -0.05) is 11.6 Å². The van der Waals surface area contributed by atoms with Gasteiger partial charge in [0.05, 0.1) is 22.8 Å². The van der Waals surface area contributed by atoms with Gasteiger partial charge in [-0.2, -0.15) is 5.10 Å². The van der Waals surface area contributed by atoms with E-state index >= 15 is 0 Å². The maximum absolute atomic E-state index is 12.0. The molecule has 0 saturated carbocycles. The topological polar surface area (TPSA) is 87.5 Å². The van der Waals surface area contributed by atoms with Crippen LogP contribution in [0.1, 0.15) is 24.2 Å². The molecule has 9 heteroatoms. The van der Waals surface area contributed by atoms with Crippen LogP contribution >= 0.6 is 11.6 Å². The first kappa shape index (κ1) is 18.3. The molecule has 132 valence electrons. The smallest absolute Gasteiger partial charge is 0.326 e. The van der Waals surface area contributed by atoms with Crippen LogP contribution in [0.2, 0.25) is 5.02 Å². The van der Waals surface area contributed by atoms with Crippen molar-refractivity contribution in [3.8, 4) is 0 Å². The van der Waals surface area contributed by atoms with Gasteiger partial charge in [0.2, 0.25) is 5.91 Å². The van der Waals surface area contributed by atoms with E-state index in [1.807, 2.05) is 18.5 Å². The Kier molecular flexibility index (Phi) is 5.48. The standard InChI is InChI=1S/C15H22ClN5O3/c1-9-13(16)10(2)21(18-9)7-5-6-17-12(22)8-11-14(23)20(4)15(24)19(11)3/h11H,5-8H2,1-4H3,(H,17,22). The minimum absolute atomic E-state index is 0.0306. The molecule has 1 fully saturated rings. The largest absolute Gasteiger partial charge is 0.356 e. The van der Waals surface area contributed by atoms with Gasteiger partial charge in [0, 0.05) is 27.2 Å². The Bertz CT molecular complexity index is 672. The van der Waals surface area contributed by atoms with Crippen molar-refractivity contribution in [1.82, 2.24) is 24.9 Å². The van der Waals surface area contributed by atoms with Crippen LogP contribution in [-0.2, 0) is 16.1 Å². The summed E-state index contributed by atoms with van der Waals surface area (Å²) in [7, 11) is 2.94. The first-order chi connectivity index (χ1) is 11.2. The molecule has 8 nitrogen and oxygen atoms in total. The van der Waals surface area contributed by atoms with Gasteiger partial charge in [0.1, 0.15) is 6.04 Å². The van der Waals surface area contributed by atoms with Crippen LogP contribution in [0.15, 0.2) is 0 Å². The molecule has 1 atom stereocenters. The minimum atomic E-state index is -0.725. The fourth-order valence-corrected chi connectivity index (χ4v) is 2.81. The van der Waals surface area contributed by atoms with Gasteiger partial charge in [-0.15, -0.1) is 0 Å². The molecule has 0 aliphatic carbocycles. The van der Waals surface area contributed by atoms with E-state index in [0.717, 1.165) is 16.3 Å². The maximum atomic E-state index is 12.0. The molecular weight excluding hydrogens is 334 g/mol. The van der Waals surface area contributed by atoms with Gasteiger partial charge in [0.25, 0.3) is 5.91 Å². The quantitative estimate of drug-likeness (QED) is 0.607. The third-order valence-electron chi connectivity index (χ3n) is 4.21. The van der Waals surface area contributed by atoms with E-state index in [2.05, 4.69) is 10.4 Å². The van der Waals surface area contributed by atoms with E-state index in [-0.39, 0.29) is 24.3 Å². The minimum Gasteiger partial charge on any atom is -0.356 e. The van der Waals surface area contributed by atoms with E-state index in [4.69, 9.17) is 11.6 Å². The summed E-state index contributed by atoms with van der Waals surface area (Å²) in [6.45, 7) is 4.85. The summed E-state index contributed by atoms with van der Waals surface area (Å²) in [6, 6.07) is -1.11. The molecule has 1 N–H and O–H groups in total. The fourth-order valence-electron chi connectivity index (χ4n) is 2.67. The van der Waals surface area contributed by atoms with Crippen molar-refractivity contribution in [2.24, 2.45) is 0 Å². The number of amides is 4. The number of hydrogen-bond donors (Lipinski definition) is 1. The van der Waals surface area contributed by atoms with E-state index in [1.54, 1.807) is 0 Å². The lowest BCUT2D eigenvalue weighted by Gasteiger charge is -2.15. The molecule has 0 aromatic carbocycles. The molecule has 1 aliphatic rings. The van der Waals surface area contributed by atoms with Crippen molar-refractivity contribution < 1.29 is 14.4 Å². The van der Waals surface area contributed by atoms with Crippen molar-refractivity contribution in [3.05, 3.63) is 16.4 Å². The van der Waals surface area contributed by atoms with Crippen LogP contribution in [-0.4, -0.2) is 64.1 Å². The highest BCUT2D eigenvalue weighted by Crippen LogP contribution is 2.19. The lowest BCUT2D eigenvalue weighted by molar-refractivity contribution is -0.131. The van der Waals surface area contributed by atoms with Crippen molar-refractivity contribution in [2.45, 2.75) is 39.3 Å². The first-order valence-electron chi connectivity index (χ1n) is 7.74. The van der Waals surface area contributed by atoms with Crippen molar-refractivity contribution in [3.63, 3.8) is 0 Å². The number of carbonyl (C=O) groups is 3. The molecule has 2 heterocycles. The van der Waals surface area contributed by atoms with Crippen molar-refractivity contribution in [1.29, 1.82) is 0 Å². The van der Waals surface area contributed by atoms with Crippen LogP contribution < -0.4 is 5.32 Å². The summed E-state index contributed by atoms with van der Waals surface area (Å²) in [5.41, 5.74) is 1.69. The average molecular weight is 356 g/mol. The van der Waals surface area contributed by atoms with Gasteiger partial charge in [-0.05, 0) is 20.3 Å². The number of nitrogens with one attached hydrogen (secondary N) is 1. The van der Waals surface area contributed by atoms with Gasteiger partial charge in [-0.25, -0.2) is 4.79 Å². The molecule has 0 radical (unpaired) electrons. The Morgan fingerprint density at radius 2 is 1.96 bits per heavy atom. The molecule has 0 bridgehead atoms. The second-order valence-electron chi connectivity index (χ2n) is 5.92. The predicted octanol–water partition coefficient (Wildman–Crippen LogP) is 0.942. The summed E-state index contributed by atoms with van der Waals surface area (Å²) >= 11 is 6.09. The molecule has 1 aromatic heterocycles. The molecule has 1 unspecified atom stereocenters. The number of imide groups is 1. The number of halogens is 1. The summed E-state index contributed by atoms with van der Waals surface area (Å²) < 4.78 is 1.81. The van der Waals surface area contributed by atoms with Crippen LogP contribution in [0.5, 0.6) is 0 Å². The number of rotatable bonds is 6. The first-order valence-corrected chi connectivity index (χ1v) is 8.12. The van der Waals surface area contributed by atoms with Gasteiger partial charge >= 0.3 is 6.03 Å². The highest BCUT2D eigenvalue weighted by atomic mass is 35.5. The zero-order chi connectivity index (χ0) is 18.0. The Balaban J connectivity index is 1.77. The number of nitrogens with zero attached hydrogens (tertiary/aromatic N) is 4. The highest BCUT2D eigenvalue weighted by molar-refractivity contribution is 6.31. The number of hydrogen-bond acceptors (Lipinski definition) is 4. The number of urea groups is 1. The normalized spacial score (nSPS) is 17.8. The molecule has 1 aromatic rings. The van der Waals surface area contributed by atoms with Crippen LogP contribution in [0.3, 0.4) is 0 Å². The Labute approximate surface area is 145 Å². The lowest BCUT2D eigenvalue weighted by atomic mass is 10.2. The Morgan fingerprint density at radius 1 is 1.29 bits per heavy atom. The highest BCUT2D eigenvalue weighted by Gasteiger charge is 2.41. The molecule has 1 aliphatic heterocycles. The zero-order valence-corrected chi connectivity index (χ0v) is 15.1. The molecule has 4 amide bonds. The monoisotopic (exact) mass is 355 g/mol. The van der Waals surface area contributed by atoms with E-state index in [1.165, 1.54) is 19.0 Å². The lowest BCUT2D eigenvalue weighted by Crippen LogP contribution is -2.37. The molecular formula is C15H22ClN5O3. The van der Waals surface area contributed by atoms with Gasteiger partial charge in [-0.3, -0.25) is 19.2 Å². The van der Waals surface area contributed by atoms with Crippen molar-refractivity contribution in [2.75, 3.05) is 20.6 Å². The SMILES string of the molecule is Cc1nn(CCCNC(=O)CC2C(=O)N(C)C(=O)N2C)c(C)c1Cl. The summed E-state index contributed by atoms with van der Waals surface area (Å²) in [4.78, 5) is 37.9. The van der Waals surface area contributed by atoms with Gasteiger partial charge in [0.15, 0.2) is 0 Å².